The standard InChI is InChI=1S/C12H13NO/c13-9-5-3-7-11-12(9)8-4-1-2-6-10(8)14-11/h1,4,7H,2-3,5-6,13H2. The van der Waals surface area contributed by atoms with Crippen LogP contribution in [0.1, 0.15) is 30.6 Å². The Morgan fingerprint density at radius 3 is 3.07 bits per heavy atom. The Hall–Kier alpha value is -1.44. The number of rotatable bonds is 0. The molecule has 0 saturated heterocycles. The lowest BCUT2D eigenvalue weighted by atomic mass is 10.0. The summed E-state index contributed by atoms with van der Waals surface area (Å²) in [5.74, 6) is 1.11. The lowest BCUT2D eigenvalue weighted by molar-refractivity contribution is 0.476. The number of aryl methyl sites for hydroxylation is 1. The van der Waals surface area contributed by atoms with Gasteiger partial charge in [-0.15, -0.1) is 0 Å². The third kappa shape index (κ3) is 0.969. The quantitative estimate of drug-likeness (QED) is 0.655. The smallest absolute Gasteiger partial charge is 0.132 e. The molecule has 2 N–H and O–H groups in total. The van der Waals surface area contributed by atoms with E-state index < -0.39 is 0 Å². The zero-order valence-electron chi connectivity index (χ0n) is 8.05. The van der Waals surface area contributed by atoms with E-state index in [0.717, 1.165) is 47.8 Å². The highest BCUT2D eigenvalue weighted by atomic mass is 16.3. The summed E-state index contributed by atoms with van der Waals surface area (Å²) in [6, 6.07) is 0. The van der Waals surface area contributed by atoms with Crippen molar-refractivity contribution in [2.45, 2.75) is 25.7 Å². The van der Waals surface area contributed by atoms with Crippen LogP contribution in [0.3, 0.4) is 0 Å². The molecule has 1 aromatic rings. The molecule has 0 atom stereocenters. The molecule has 72 valence electrons. The molecule has 2 heteroatoms. The van der Waals surface area contributed by atoms with Crippen LogP contribution in [0.5, 0.6) is 0 Å². The lowest BCUT2D eigenvalue weighted by Crippen LogP contribution is -2.30. The third-order valence-electron chi connectivity index (χ3n) is 2.94. The van der Waals surface area contributed by atoms with Crippen LogP contribution in [-0.2, 0) is 6.42 Å². The zero-order chi connectivity index (χ0) is 9.54. The van der Waals surface area contributed by atoms with Gasteiger partial charge in [0.25, 0.3) is 0 Å². The normalized spacial score (nSPS) is 18.7. The summed E-state index contributed by atoms with van der Waals surface area (Å²) in [7, 11) is 0. The van der Waals surface area contributed by atoms with Gasteiger partial charge in [-0.3, -0.25) is 0 Å². The number of furan rings is 1. The van der Waals surface area contributed by atoms with E-state index in [4.69, 9.17) is 10.2 Å². The van der Waals surface area contributed by atoms with Gasteiger partial charge in [-0.1, -0.05) is 12.2 Å². The highest BCUT2D eigenvalue weighted by Gasteiger charge is 2.15. The Morgan fingerprint density at radius 2 is 2.14 bits per heavy atom. The molecule has 2 nitrogen and oxygen atoms in total. The van der Waals surface area contributed by atoms with E-state index in [9.17, 15) is 0 Å². The fourth-order valence-electron chi connectivity index (χ4n) is 2.25. The van der Waals surface area contributed by atoms with Crippen molar-refractivity contribution >= 4 is 17.8 Å². The maximum absolute atomic E-state index is 6.02. The minimum absolute atomic E-state index is 0.965. The van der Waals surface area contributed by atoms with Crippen LogP contribution in [-0.4, -0.2) is 0 Å². The van der Waals surface area contributed by atoms with Gasteiger partial charge in [0.05, 0.1) is 0 Å². The topological polar surface area (TPSA) is 39.2 Å². The van der Waals surface area contributed by atoms with Crippen molar-refractivity contribution in [2.75, 3.05) is 0 Å². The monoisotopic (exact) mass is 187 g/mol. The van der Waals surface area contributed by atoms with Gasteiger partial charge in [0, 0.05) is 22.9 Å². The van der Waals surface area contributed by atoms with E-state index in [1.807, 2.05) is 0 Å². The van der Waals surface area contributed by atoms with Crippen molar-refractivity contribution < 1.29 is 4.42 Å². The molecular weight excluding hydrogens is 174 g/mol. The molecule has 0 aliphatic heterocycles. The first kappa shape index (κ1) is 7.92. The summed E-state index contributed by atoms with van der Waals surface area (Å²) in [5, 5.41) is 1.15. The second-order valence-electron chi connectivity index (χ2n) is 3.89. The first-order valence-electron chi connectivity index (χ1n) is 5.13. The molecule has 0 amide bonds. The van der Waals surface area contributed by atoms with E-state index in [-0.39, 0.29) is 0 Å². The van der Waals surface area contributed by atoms with Crippen molar-refractivity contribution in [3.8, 4) is 0 Å². The molecule has 0 fully saturated rings. The summed E-state index contributed by atoms with van der Waals surface area (Å²) in [6.07, 6.45) is 10.6. The SMILES string of the molecule is NC1=c2c3c(oc2=CCC1)CCC=C3. The number of hydrogen-bond acceptors (Lipinski definition) is 2. The number of fused-ring (bicyclic) bond motifs is 3. The van der Waals surface area contributed by atoms with E-state index in [0.29, 0.717) is 0 Å². The van der Waals surface area contributed by atoms with Crippen molar-refractivity contribution in [3.63, 3.8) is 0 Å². The largest absolute Gasteiger partial charge is 0.461 e. The first-order chi connectivity index (χ1) is 6.86. The van der Waals surface area contributed by atoms with E-state index in [2.05, 4.69) is 18.2 Å². The van der Waals surface area contributed by atoms with Crippen LogP contribution in [0.25, 0.3) is 17.8 Å². The molecule has 0 unspecified atom stereocenters. The minimum atomic E-state index is 0.965. The molecule has 3 rings (SSSR count). The van der Waals surface area contributed by atoms with Gasteiger partial charge in [0.15, 0.2) is 0 Å². The highest BCUT2D eigenvalue weighted by molar-refractivity contribution is 5.61. The molecule has 0 bridgehead atoms. The van der Waals surface area contributed by atoms with Gasteiger partial charge < -0.3 is 10.2 Å². The summed E-state index contributed by atoms with van der Waals surface area (Å²) in [4.78, 5) is 0. The maximum atomic E-state index is 6.02. The fraction of sp³-hybridized carbons (Fsp3) is 0.333. The average Bonchev–Trinajstić information content (AvgIpc) is 2.57. The average molecular weight is 187 g/mol. The van der Waals surface area contributed by atoms with Gasteiger partial charge in [-0.2, -0.15) is 0 Å². The van der Waals surface area contributed by atoms with Crippen LogP contribution in [0.15, 0.2) is 10.5 Å². The molecule has 0 spiro atoms. The summed E-state index contributed by atoms with van der Waals surface area (Å²) < 4.78 is 5.79. The second kappa shape index (κ2) is 2.77. The highest BCUT2D eigenvalue weighted by Crippen LogP contribution is 2.16. The van der Waals surface area contributed by atoms with Gasteiger partial charge in [-0.25, -0.2) is 0 Å². The predicted molar refractivity (Wildman–Crippen MR) is 56.6 cm³/mol. The van der Waals surface area contributed by atoms with Crippen LogP contribution >= 0.6 is 0 Å². The Bertz CT molecular complexity index is 519. The Balaban J connectivity index is 2.45. The van der Waals surface area contributed by atoms with Crippen LogP contribution in [0.2, 0.25) is 0 Å². The first-order valence-corrected chi connectivity index (χ1v) is 5.13. The number of nitrogens with two attached hydrogens (primary N) is 1. The molecule has 0 saturated carbocycles. The molecular formula is C12H13NO. The third-order valence-corrected chi connectivity index (χ3v) is 2.94. The van der Waals surface area contributed by atoms with Crippen LogP contribution in [0.4, 0.5) is 0 Å². The van der Waals surface area contributed by atoms with Gasteiger partial charge in [0.2, 0.25) is 0 Å². The molecule has 1 aromatic heterocycles. The number of allylic oxidation sites excluding steroid dienone is 1. The molecule has 2 aliphatic carbocycles. The van der Waals surface area contributed by atoms with Crippen LogP contribution < -0.4 is 16.4 Å². The maximum Gasteiger partial charge on any atom is 0.132 e. The fourth-order valence-corrected chi connectivity index (χ4v) is 2.25. The van der Waals surface area contributed by atoms with E-state index >= 15 is 0 Å². The summed E-state index contributed by atoms with van der Waals surface area (Å²) in [6.45, 7) is 0. The number of hydrogen-bond donors (Lipinski definition) is 1. The molecule has 0 radical (unpaired) electrons. The predicted octanol–water partition coefficient (Wildman–Crippen LogP) is 0.880. The van der Waals surface area contributed by atoms with E-state index in [1.54, 1.807) is 0 Å². The van der Waals surface area contributed by atoms with Crippen molar-refractivity contribution in [1.82, 2.24) is 0 Å². The molecule has 14 heavy (non-hydrogen) atoms. The van der Waals surface area contributed by atoms with Crippen molar-refractivity contribution in [2.24, 2.45) is 5.73 Å². The Kier molecular flexibility index (Phi) is 1.57. The van der Waals surface area contributed by atoms with Crippen LogP contribution in [0, 0.1) is 0 Å². The molecule has 2 aliphatic rings. The van der Waals surface area contributed by atoms with Gasteiger partial charge in [0.1, 0.15) is 11.2 Å². The Labute approximate surface area is 82.4 Å². The van der Waals surface area contributed by atoms with E-state index in [1.165, 1.54) is 5.56 Å². The minimum Gasteiger partial charge on any atom is -0.461 e. The lowest BCUT2D eigenvalue weighted by Gasteiger charge is -2.04. The Morgan fingerprint density at radius 1 is 1.21 bits per heavy atom. The molecule has 0 aromatic carbocycles. The van der Waals surface area contributed by atoms with Gasteiger partial charge >= 0.3 is 0 Å². The van der Waals surface area contributed by atoms with Crippen molar-refractivity contribution in [3.05, 3.63) is 28.0 Å². The second-order valence-corrected chi connectivity index (χ2v) is 3.89. The van der Waals surface area contributed by atoms with Gasteiger partial charge in [-0.05, 0) is 25.3 Å². The summed E-state index contributed by atoms with van der Waals surface area (Å²) >= 11 is 0. The zero-order valence-corrected chi connectivity index (χ0v) is 8.05. The molecule has 1 heterocycles. The summed E-state index contributed by atoms with van der Waals surface area (Å²) in [5.41, 5.74) is 9.22. The van der Waals surface area contributed by atoms with Crippen molar-refractivity contribution in [1.29, 1.82) is 0 Å².